The van der Waals surface area contributed by atoms with E-state index in [9.17, 15) is 30.7 Å². The number of hydrogen-bond donors (Lipinski definition) is 0. The van der Waals surface area contributed by atoms with Gasteiger partial charge in [0.2, 0.25) is 11.8 Å². The van der Waals surface area contributed by atoms with Gasteiger partial charge in [0.05, 0.1) is 12.5 Å². The van der Waals surface area contributed by atoms with E-state index in [4.69, 9.17) is 5.26 Å². The van der Waals surface area contributed by atoms with Crippen molar-refractivity contribution < 1.29 is 35.5 Å². The summed E-state index contributed by atoms with van der Waals surface area (Å²) in [7, 11) is 0. The summed E-state index contributed by atoms with van der Waals surface area (Å²) in [6.07, 6.45) is -11.2. The lowest BCUT2D eigenvalue weighted by atomic mass is 10.1. The Bertz CT molecular complexity index is 515. The second-order valence-corrected chi connectivity index (χ2v) is 3.17. The van der Waals surface area contributed by atoms with Crippen LogP contribution in [0.5, 0.6) is 5.88 Å². The summed E-state index contributed by atoms with van der Waals surface area (Å²) in [5.74, 6) is -3.58. The van der Waals surface area contributed by atoms with Gasteiger partial charge in [-0.15, -0.1) is 13.2 Å². The van der Waals surface area contributed by atoms with Crippen molar-refractivity contribution in [2.24, 2.45) is 0 Å². The molecule has 0 radical (unpaired) electrons. The molecule has 0 N–H and O–H groups in total. The maximum absolute atomic E-state index is 13.0. The molecule has 0 amide bonds. The van der Waals surface area contributed by atoms with Crippen LogP contribution in [0.3, 0.4) is 0 Å². The van der Waals surface area contributed by atoms with Gasteiger partial charge >= 0.3 is 12.5 Å². The van der Waals surface area contributed by atoms with E-state index in [1.165, 1.54) is 6.07 Å². The highest BCUT2D eigenvalue weighted by Crippen LogP contribution is 2.34. The molecule has 0 atom stereocenters. The molecule has 0 saturated carbocycles. The van der Waals surface area contributed by atoms with E-state index in [2.05, 4.69) is 9.72 Å². The van der Waals surface area contributed by atoms with Gasteiger partial charge in [0, 0.05) is 5.56 Å². The van der Waals surface area contributed by atoms with Gasteiger partial charge in [-0.3, -0.25) is 0 Å². The molecule has 0 saturated heterocycles. The first-order valence-electron chi connectivity index (χ1n) is 4.44. The largest absolute Gasteiger partial charge is 0.574 e. The van der Waals surface area contributed by atoms with E-state index in [0.29, 0.717) is 0 Å². The Morgan fingerprint density at radius 2 is 1.79 bits per heavy atom. The minimum Gasteiger partial charge on any atom is -0.387 e. The summed E-state index contributed by atoms with van der Waals surface area (Å²) < 4.78 is 89.0. The zero-order chi connectivity index (χ0) is 14.8. The van der Waals surface area contributed by atoms with E-state index in [1.807, 2.05) is 0 Å². The molecule has 0 unspecified atom stereocenters. The highest BCUT2D eigenvalue weighted by molar-refractivity contribution is 5.34. The monoisotopic (exact) mass is 288 g/mol. The van der Waals surface area contributed by atoms with Crippen LogP contribution in [0.1, 0.15) is 11.1 Å². The lowest BCUT2D eigenvalue weighted by Gasteiger charge is -2.14. The number of ether oxygens (including phenoxy) is 1. The van der Waals surface area contributed by atoms with Crippen molar-refractivity contribution in [3.63, 3.8) is 0 Å². The Labute approximate surface area is 101 Å². The zero-order valence-electron chi connectivity index (χ0n) is 8.73. The zero-order valence-corrected chi connectivity index (χ0v) is 8.73. The Morgan fingerprint density at radius 3 is 2.21 bits per heavy atom. The van der Waals surface area contributed by atoms with Crippen LogP contribution in [0.25, 0.3) is 0 Å². The van der Waals surface area contributed by atoms with Crippen molar-refractivity contribution >= 4 is 0 Å². The van der Waals surface area contributed by atoms with Crippen LogP contribution in [0.4, 0.5) is 30.7 Å². The van der Waals surface area contributed by atoms with Crippen LogP contribution < -0.4 is 4.74 Å². The number of pyridine rings is 1. The fourth-order valence-electron chi connectivity index (χ4n) is 1.13. The molecule has 1 aromatic heterocycles. The van der Waals surface area contributed by atoms with E-state index in [-0.39, 0.29) is 6.07 Å². The molecular weight excluding hydrogens is 285 g/mol. The maximum Gasteiger partial charge on any atom is 0.574 e. The van der Waals surface area contributed by atoms with Crippen molar-refractivity contribution in [2.75, 3.05) is 0 Å². The molecule has 1 rings (SSSR count). The fraction of sp³-hybridized carbons (Fsp3) is 0.333. The molecule has 0 aromatic carbocycles. The Kier molecular flexibility index (Phi) is 3.88. The molecule has 3 nitrogen and oxygen atoms in total. The molecule has 10 heteroatoms. The molecule has 1 heterocycles. The van der Waals surface area contributed by atoms with Gasteiger partial charge in [0.15, 0.2) is 0 Å². The molecule has 0 fully saturated rings. The molecule has 0 aliphatic carbocycles. The first-order valence-corrected chi connectivity index (χ1v) is 4.44. The average Bonchev–Trinajstić information content (AvgIpc) is 2.17. The summed E-state index contributed by atoms with van der Waals surface area (Å²) in [6, 6.07) is 1.39. The smallest absolute Gasteiger partial charge is 0.387 e. The van der Waals surface area contributed by atoms with Crippen LogP contribution in [-0.2, 0) is 12.6 Å². The van der Waals surface area contributed by atoms with Gasteiger partial charge in [-0.2, -0.15) is 27.8 Å². The number of halogens is 7. The first kappa shape index (κ1) is 15.0. The maximum atomic E-state index is 13.0. The number of rotatable bonds is 2. The standard InChI is InChI=1S/C9H3F7N2O/c10-6-5(8(11,12)13)3-4(1-2-17)7(18-6)19-9(14,15)16/h3H,1H2. The number of nitrogens with zero attached hydrogens (tertiary/aromatic N) is 2. The van der Waals surface area contributed by atoms with Crippen LogP contribution in [0.2, 0.25) is 0 Å². The van der Waals surface area contributed by atoms with Crippen molar-refractivity contribution in [3.05, 3.63) is 23.1 Å². The molecule has 104 valence electrons. The summed E-state index contributed by atoms with van der Waals surface area (Å²) >= 11 is 0. The Morgan fingerprint density at radius 1 is 1.21 bits per heavy atom. The summed E-state index contributed by atoms with van der Waals surface area (Å²) in [5.41, 5.74) is -2.68. The lowest BCUT2D eigenvalue weighted by molar-refractivity contribution is -0.276. The highest BCUT2D eigenvalue weighted by Gasteiger charge is 2.38. The second-order valence-electron chi connectivity index (χ2n) is 3.17. The van der Waals surface area contributed by atoms with E-state index >= 15 is 0 Å². The average molecular weight is 288 g/mol. The third kappa shape index (κ3) is 3.97. The molecule has 1 aromatic rings. The SMILES string of the molecule is N#CCc1cc(C(F)(F)F)c(F)nc1OC(F)(F)F. The predicted octanol–water partition coefficient (Wildman–Crippen LogP) is 3.20. The van der Waals surface area contributed by atoms with Crippen LogP contribution >= 0.6 is 0 Å². The summed E-state index contributed by atoms with van der Waals surface area (Å²) in [4.78, 5) is 2.46. The molecule has 0 spiro atoms. The van der Waals surface area contributed by atoms with Crippen molar-refractivity contribution in [2.45, 2.75) is 19.0 Å². The molecular formula is C9H3F7N2O. The Hall–Kier alpha value is -2.05. The topological polar surface area (TPSA) is 45.9 Å². The second kappa shape index (κ2) is 4.91. The van der Waals surface area contributed by atoms with Crippen molar-refractivity contribution in [1.82, 2.24) is 4.98 Å². The quantitative estimate of drug-likeness (QED) is 0.620. The molecule has 0 bridgehead atoms. The Balaban J connectivity index is 3.34. The number of alkyl halides is 6. The number of nitriles is 1. The summed E-state index contributed by atoms with van der Waals surface area (Å²) in [6.45, 7) is 0. The van der Waals surface area contributed by atoms with Crippen molar-refractivity contribution in [3.8, 4) is 11.9 Å². The predicted molar refractivity (Wildman–Crippen MR) is 45.2 cm³/mol. The van der Waals surface area contributed by atoms with Gasteiger partial charge in [0.1, 0.15) is 5.56 Å². The molecule has 0 aliphatic heterocycles. The number of hydrogen-bond acceptors (Lipinski definition) is 3. The molecule has 19 heavy (non-hydrogen) atoms. The van der Waals surface area contributed by atoms with Gasteiger partial charge in [0.25, 0.3) is 0 Å². The normalized spacial score (nSPS) is 12.1. The van der Waals surface area contributed by atoms with Crippen LogP contribution in [0.15, 0.2) is 6.07 Å². The fourth-order valence-corrected chi connectivity index (χ4v) is 1.13. The minimum atomic E-state index is -5.26. The van der Waals surface area contributed by atoms with E-state index in [1.54, 1.807) is 0 Å². The molecule has 0 aliphatic rings. The first-order chi connectivity index (χ1) is 8.54. The van der Waals surface area contributed by atoms with Gasteiger partial charge in [-0.25, -0.2) is 0 Å². The third-order valence-corrected chi connectivity index (χ3v) is 1.80. The van der Waals surface area contributed by atoms with E-state index < -0.39 is 41.9 Å². The third-order valence-electron chi connectivity index (χ3n) is 1.80. The van der Waals surface area contributed by atoms with E-state index in [0.717, 1.165) is 0 Å². The van der Waals surface area contributed by atoms with Gasteiger partial charge in [-0.1, -0.05) is 0 Å². The highest BCUT2D eigenvalue weighted by atomic mass is 19.4. The lowest BCUT2D eigenvalue weighted by Crippen LogP contribution is -2.20. The minimum absolute atomic E-state index is 0.0621. The van der Waals surface area contributed by atoms with Crippen LogP contribution in [0, 0.1) is 17.3 Å². The van der Waals surface area contributed by atoms with Gasteiger partial charge in [-0.05, 0) is 6.07 Å². The van der Waals surface area contributed by atoms with Gasteiger partial charge < -0.3 is 4.74 Å². The summed E-state index contributed by atoms with van der Waals surface area (Å²) in [5, 5.41) is 8.32. The number of aromatic nitrogens is 1. The van der Waals surface area contributed by atoms with Crippen LogP contribution in [-0.4, -0.2) is 11.3 Å². The van der Waals surface area contributed by atoms with Crippen molar-refractivity contribution in [1.29, 1.82) is 5.26 Å².